The fraction of sp³-hybridized carbons (Fsp3) is 0.381. The summed E-state index contributed by atoms with van der Waals surface area (Å²) in [6, 6.07) is 13.4. The number of benzene rings is 2. The molecule has 1 N–H and O–H groups in total. The Balaban J connectivity index is 1.88. The lowest BCUT2D eigenvalue weighted by molar-refractivity contribution is 0.210. The molecular weight excluding hydrogens is 326 g/mol. The molecule has 2 aromatic carbocycles. The first-order valence-electron chi connectivity index (χ1n) is 8.82. The van der Waals surface area contributed by atoms with Crippen molar-refractivity contribution in [3.05, 3.63) is 41.3 Å². The maximum absolute atomic E-state index is 4.80. The largest absolute Gasteiger partial charge is 0.345 e. The highest BCUT2D eigenvalue weighted by molar-refractivity contribution is 7.20. The molecule has 1 aromatic heterocycles. The zero-order valence-electron chi connectivity index (χ0n) is 15.5. The maximum Gasteiger partial charge on any atom is 0.118 e. The lowest BCUT2D eigenvalue weighted by atomic mass is 9.88. The second-order valence-corrected chi connectivity index (χ2v) is 9.13. The third-order valence-electron chi connectivity index (χ3n) is 5.31. The standard InChI is InChI=1S/C21H25N3S/c1-13(21(2,3)4)23-20-19-18(22-12-24(20)5)17-15-9-7-6-8-14(15)10-11-16(17)25-19/h6-13,20,23H,1-5H3/t13-,20?/m1/s1. The molecule has 2 atom stereocenters. The average Bonchev–Trinajstić information content (AvgIpc) is 2.95. The number of thiophene rings is 1. The van der Waals surface area contributed by atoms with Crippen molar-refractivity contribution in [1.29, 1.82) is 0 Å². The summed E-state index contributed by atoms with van der Waals surface area (Å²) in [5, 5.41) is 7.68. The van der Waals surface area contributed by atoms with Crippen LogP contribution < -0.4 is 5.32 Å². The Morgan fingerprint density at radius 2 is 1.92 bits per heavy atom. The van der Waals surface area contributed by atoms with Crippen LogP contribution in [0.25, 0.3) is 20.9 Å². The van der Waals surface area contributed by atoms with Gasteiger partial charge in [-0.3, -0.25) is 5.32 Å². The normalized spacial score (nSPS) is 18.8. The van der Waals surface area contributed by atoms with Crippen molar-refractivity contribution in [3.8, 4) is 0 Å². The van der Waals surface area contributed by atoms with Gasteiger partial charge in [-0.15, -0.1) is 11.3 Å². The van der Waals surface area contributed by atoms with Gasteiger partial charge in [0.15, 0.2) is 0 Å². The molecule has 1 unspecified atom stereocenters. The molecular formula is C21H25N3S. The summed E-state index contributed by atoms with van der Waals surface area (Å²) >= 11 is 1.86. The summed E-state index contributed by atoms with van der Waals surface area (Å²) in [6.45, 7) is 9.10. The second kappa shape index (κ2) is 5.82. The van der Waals surface area contributed by atoms with Crippen LogP contribution in [-0.2, 0) is 0 Å². The van der Waals surface area contributed by atoms with Gasteiger partial charge in [0.05, 0.1) is 16.9 Å². The number of hydrogen-bond donors (Lipinski definition) is 1. The first-order valence-corrected chi connectivity index (χ1v) is 9.64. The molecule has 0 aliphatic carbocycles. The van der Waals surface area contributed by atoms with E-state index >= 15 is 0 Å². The van der Waals surface area contributed by atoms with E-state index in [-0.39, 0.29) is 11.6 Å². The van der Waals surface area contributed by atoms with Crippen molar-refractivity contribution in [2.24, 2.45) is 10.4 Å². The van der Waals surface area contributed by atoms with Crippen LogP contribution in [-0.4, -0.2) is 24.3 Å². The van der Waals surface area contributed by atoms with Gasteiger partial charge in [0, 0.05) is 23.2 Å². The minimum absolute atomic E-state index is 0.165. The van der Waals surface area contributed by atoms with Crippen LogP contribution in [0.2, 0.25) is 0 Å². The molecule has 130 valence electrons. The van der Waals surface area contributed by atoms with E-state index in [9.17, 15) is 0 Å². The van der Waals surface area contributed by atoms with Crippen molar-refractivity contribution < 1.29 is 0 Å². The summed E-state index contributed by atoms with van der Waals surface area (Å²) in [4.78, 5) is 8.30. The van der Waals surface area contributed by atoms with E-state index in [1.807, 2.05) is 17.7 Å². The van der Waals surface area contributed by atoms with Gasteiger partial charge in [-0.1, -0.05) is 51.1 Å². The van der Waals surface area contributed by atoms with E-state index in [1.165, 1.54) is 25.7 Å². The Hall–Kier alpha value is -1.91. The Morgan fingerprint density at radius 3 is 2.68 bits per heavy atom. The molecule has 0 bridgehead atoms. The van der Waals surface area contributed by atoms with Crippen molar-refractivity contribution in [2.75, 3.05) is 7.05 Å². The summed E-state index contributed by atoms with van der Waals surface area (Å²) < 4.78 is 1.31. The van der Waals surface area contributed by atoms with Crippen LogP contribution in [0.5, 0.6) is 0 Å². The molecule has 3 aromatic rings. The lowest BCUT2D eigenvalue weighted by Gasteiger charge is -2.37. The van der Waals surface area contributed by atoms with Gasteiger partial charge in [0.1, 0.15) is 6.17 Å². The third-order valence-corrected chi connectivity index (χ3v) is 6.51. The fourth-order valence-corrected chi connectivity index (χ4v) is 4.54. The third kappa shape index (κ3) is 2.74. The number of fused-ring (bicyclic) bond motifs is 5. The second-order valence-electron chi connectivity index (χ2n) is 8.04. The highest BCUT2D eigenvalue weighted by Gasteiger charge is 2.31. The van der Waals surface area contributed by atoms with Crippen LogP contribution in [0.3, 0.4) is 0 Å². The van der Waals surface area contributed by atoms with E-state index in [4.69, 9.17) is 4.99 Å². The van der Waals surface area contributed by atoms with Gasteiger partial charge in [0.25, 0.3) is 0 Å². The predicted molar refractivity (Wildman–Crippen MR) is 110 cm³/mol. The number of hydrogen-bond acceptors (Lipinski definition) is 4. The van der Waals surface area contributed by atoms with Crippen LogP contribution in [0, 0.1) is 5.41 Å². The van der Waals surface area contributed by atoms with E-state index < -0.39 is 0 Å². The minimum Gasteiger partial charge on any atom is -0.345 e. The first-order chi connectivity index (χ1) is 11.9. The highest BCUT2D eigenvalue weighted by Crippen LogP contribution is 2.46. The zero-order chi connectivity index (χ0) is 17.8. The van der Waals surface area contributed by atoms with Crippen LogP contribution in [0.1, 0.15) is 38.7 Å². The molecule has 4 heteroatoms. The summed E-state index contributed by atoms with van der Waals surface area (Å²) in [6.07, 6.45) is 2.13. The Bertz CT molecular complexity index is 964. The number of aliphatic imine (C=N–C) groups is 1. The van der Waals surface area contributed by atoms with Crippen molar-refractivity contribution in [1.82, 2.24) is 10.2 Å². The Morgan fingerprint density at radius 1 is 1.16 bits per heavy atom. The van der Waals surface area contributed by atoms with Crippen molar-refractivity contribution >= 4 is 44.2 Å². The Labute approximate surface area is 153 Å². The minimum atomic E-state index is 0.165. The van der Waals surface area contributed by atoms with Gasteiger partial charge < -0.3 is 4.90 Å². The topological polar surface area (TPSA) is 27.6 Å². The fourth-order valence-electron chi connectivity index (χ4n) is 3.26. The molecule has 3 nitrogen and oxygen atoms in total. The molecule has 0 fully saturated rings. The number of nitrogens with zero attached hydrogens (tertiary/aromatic N) is 2. The lowest BCUT2D eigenvalue weighted by Crippen LogP contribution is -2.45. The molecule has 1 aliphatic rings. The summed E-state index contributed by atoms with van der Waals surface area (Å²) in [5.74, 6) is 0. The van der Waals surface area contributed by atoms with Gasteiger partial charge >= 0.3 is 0 Å². The smallest absolute Gasteiger partial charge is 0.118 e. The molecule has 0 saturated heterocycles. The van der Waals surface area contributed by atoms with Crippen molar-refractivity contribution in [2.45, 2.75) is 39.9 Å². The highest BCUT2D eigenvalue weighted by atomic mass is 32.1. The summed E-state index contributed by atoms with van der Waals surface area (Å²) in [7, 11) is 2.10. The van der Waals surface area contributed by atoms with Gasteiger partial charge in [-0.25, -0.2) is 4.99 Å². The van der Waals surface area contributed by atoms with E-state index in [2.05, 4.69) is 81.4 Å². The van der Waals surface area contributed by atoms with Crippen molar-refractivity contribution in [3.63, 3.8) is 0 Å². The molecule has 0 amide bonds. The molecule has 2 heterocycles. The quantitative estimate of drug-likeness (QED) is 0.643. The van der Waals surface area contributed by atoms with E-state index in [0.29, 0.717) is 6.04 Å². The number of nitrogens with one attached hydrogen (secondary N) is 1. The molecule has 4 rings (SSSR count). The monoisotopic (exact) mass is 351 g/mol. The van der Waals surface area contributed by atoms with Gasteiger partial charge in [-0.05, 0) is 29.2 Å². The van der Waals surface area contributed by atoms with Crippen LogP contribution in [0.15, 0.2) is 41.4 Å². The van der Waals surface area contributed by atoms with E-state index in [1.54, 1.807) is 0 Å². The number of rotatable bonds is 2. The van der Waals surface area contributed by atoms with Crippen LogP contribution >= 0.6 is 11.3 Å². The molecule has 1 aliphatic heterocycles. The van der Waals surface area contributed by atoms with Gasteiger partial charge in [0.2, 0.25) is 0 Å². The SMILES string of the molecule is C[C@@H](NC1c2sc3ccc4ccccc4c3c2N=CN1C)C(C)(C)C. The van der Waals surface area contributed by atoms with Gasteiger partial charge in [-0.2, -0.15) is 0 Å². The summed E-state index contributed by atoms with van der Waals surface area (Å²) in [5.41, 5.74) is 1.34. The zero-order valence-corrected chi connectivity index (χ0v) is 16.3. The molecule has 0 spiro atoms. The predicted octanol–water partition coefficient (Wildman–Crippen LogP) is 5.68. The first kappa shape index (κ1) is 16.6. The Kier molecular flexibility index (Phi) is 3.85. The molecule has 0 radical (unpaired) electrons. The van der Waals surface area contributed by atoms with Crippen LogP contribution in [0.4, 0.5) is 5.69 Å². The van der Waals surface area contributed by atoms with E-state index in [0.717, 1.165) is 5.69 Å². The average molecular weight is 352 g/mol. The molecule has 25 heavy (non-hydrogen) atoms. The molecule has 0 saturated carbocycles. The maximum atomic E-state index is 4.80.